The molecule has 0 unspecified atom stereocenters. The predicted molar refractivity (Wildman–Crippen MR) is 377 cm³/mol. The summed E-state index contributed by atoms with van der Waals surface area (Å²) in [6, 6.07) is 38.7. The van der Waals surface area contributed by atoms with E-state index in [9.17, 15) is 19.2 Å². The first-order chi connectivity index (χ1) is 45.6. The van der Waals surface area contributed by atoms with Gasteiger partial charge in [0.1, 0.15) is 34.1 Å². The average molecular weight is 1300 g/mol. The smallest absolute Gasteiger partial charge is 0.410 e. The van der Waals surface area contributed by atoms with Crippen molar-refractivity contribution in [1.82, 2.24) is 39.5 Å². The van der Waals surface area contributed by atoms with Gasteiger partial charge in [-0.2, -0.15) is 0 Å². The highest BCUT2D eigenvalue weighted by Crippen LogP contribution is 2.41. The van der Waals surface area contributed by atoms with Crippen molar-refractivity contribution in [3.63, 3.8) is 0 Å². The molecule has 4 amide bonds. The van der Waals surface area contributed by atoms with Crippen LogP contribution in [-0.2, 0) is 31.8 Å². The van der Waals surface area contributed by atoms with Gasteiger partial charge < -0.3 is 28.9 Å². The standard InChI is InChI=1S/2C39H45N5O4/c1-38(2,3)47-36(45)43-17-7-9-33(43)31-22-29-20-26(15-16-30(29)41-31)25-13-11-24-12-14-27(21-28(24)19-25)32-23-40-35(42-32)34-10-8-18-44(34)37(46)48-39(4,5)6;1-38(2,3)47-36(45)43-17-7-9-33(43)31-22-29-21-27(15-16-30(29)41-31)24-11-12-26-20-28(14-13-25(26)19-24)32-23-40-35(42-32)34-10-8-18-44(34)37(46)48-39(4,5)6/h2*11-16,19-21,23,33-34H,7-10,17-18,22H2,1-6H3,(H,40,42)/t2*33-,34-/m00/s1. The Kier molecular flexibility index (Phi) is 17.5. The molecule has 4 saturated heterocycles. The zero-order valence-electron chi connectivity index (χ0n) is 57.6. The molecular weight excluding hydrogens is 1200 g/mol. The summed E-state index contributed by atoms with van der Waals surface area (Å²) < 4.78 is 22.7. The van der Waals surface area contributed by atoms with Crippen LogP contribution in [0.3, 0.4) is 0 Å². The van der Waals surface area contributed by atoms with Gasteiger partial charge in [0.2, 0.25) is 0 Å². The van der Waals surface area contributed by atoms with E-state index in [0.717, 1.165) is 165 Å². The third kappa shape index (κ3) is 14.4. The van der Waals surface area contributed by atoms with Crippen molar-refractivity contribution in [2.75, 3.05) is 26.2 Å². The number of carbonyl (C=O) groups is 4. The molecule has 96 heavy (non-hydrogen) atoms. The summed E-state index contributed by atoms with van der Waals surface area (Å²) in [5.74, 6) is 1.58. The van der Waals surface area contributed by atoms with Gasteiger partial charge in [-0.25, -0.2) is 29.1 Å². The van der Waals surface area contributed by atoms with Crippen LogP contribution in [0, 0.1) is 0 Å². The van der Waals surface area contributed by atoms with E-state index < -0.39 is 22.4 Å². The second-order valence-electron chi connectivity index (χ2n) is 30.5. The van der Waals surface area contributed by atoms with E-state index in [2.05, 4.69) is 124 Å². The summed E-state index contributed by atoms with van der Waals surface area (Å²) >= 11 is 0. The minimum Gasteiger partial charge on any atom is -0.444 e. The molecule has 0 aliphatic carbocycles. The second-order valence-corrected chi connectivity index (χ2v) is 30.5. The number of amides is 4. The zero-order chi connectivity index (χ0) is 67.6. The number of fused-ring (bicyclic) bond motifs is 4. The fraction of sp³-hybridized carbons (Fsp3) is 0.436. The molecule has 0 bridgehead atoms. The Morgan fingerprint density at radius 1 is 0.375 bits per heavy atom. The van der Waals surface area contributed by atoms with E-state index in [-0.39, 0.29) is 48.5 Å². The third-order valence-electron chi connectivity index (χ3n) is 18.5. The van der Waals surface area contributed by atoms with Crippen molar-refractivity contribution in [3.05, 3.63) is 144 Å². The van der Waals surface area contributed by atoms with E-state index in [4.69, 9.17) is 33.9 Å². The van der Waals surface area contributed by atoms with Crippen molar-refractivity contribution in [1.29, 1.82) is 0 Å². The van der Waals surface area contributed by atoms with Crippen LogP contribution >= 0.6 is 0 Å². The highest BCUT2D eigenvalue weighted by molar-refractivity contribution is 6.02. The first kappa shape index (κ1) is 65.3. The van der Waals surface area contributed by atoms with Gasteiger partial charge in [0, 0.05) is 61.6 Å². The van der Waals surface area contributed by atoms with Crippen LogP contribution in [0.1, 0.15) is 169 Å². The Bertz CT molecular complexity index is 4380. The molecule has 8 aromatic rings. The number of ether oxygens (including phenoxy) is 4. The fourth-order valence-corrected chi connectivity index (χ4v) is 14.2. The number of imidazole rings is 2. The number of carbonyl (C=O) groups excluding carboxylic acids is 4. The number of hydrogen-bond acceptors (Lipinski definition) is 12. The van der Waals surface area contributed by atoms with Gasteiger partial charge in [-0.05, 0) is 238 Å². The maximum absolute atomic E-state index is 12.9. The number of aromatic nitrogens is 4. The lowest BCUT2D eigenvalue weighted by molar-refractivity contribution is 0.0208. The van der Waals surface area contributed by atoms with Gasteiger partial charge >= 0.3 is 24.4 Å². The lowest BCUT2D eigenvalue weighted by atomic mass is 9.96. The maximum Gasteiger partial charge on any atom is 0.410 e. The van der Waals surface area contributed by atoms with Crippen LogP contribution in [0.4, 0.5) is 30.6 Å². The number of aliphatic imine (C=N–C) groups is 2. The van der Waals surface area contributed by atoms with Crippen LogP contribution < -0.4 is 0 Å². The molecule has 18 heteroatoms. The molecule has 4 fully saturated rings. The molecule has 6 aliphatic rings. The number of likely N-dealkylation sites (tertiary alicyclic amines) is 4. The summed E-state index contributed by atoms with van der Waals surface area (Å²) in [6.45, 7) is 25.5. The molecule has 6 aliphatic heterocycles. The Balaban J connectivity index is 0.000000174. The van der Waals surface area contributed by atoms with Crippen LogP contribution in [0.15, 0.2) is 132 Å². The number of H-pyrrole nitrogens is 2. The lowest BCUT2D eigenvalue weighted by Crippen LogP contribution is -2.43. The van der Waals surface area contributed by atoms with Crippen LogP contribution in [0.5, 0.6) is 0 Å². The third-order valence-corrected chi connectivity index (χ3v) is 18.5. The molecule has 2 N–H and O–H groups in total. The zero-order valence-corrected chi connectivity index (χ0v) is 57.6. The molecule has 0 saturated carbocycles. The van der Waals surface area contributed by atoms with Crippen molar-refractivity contribution in [2.45, 2.75) is 194 Å². The summed E-state index contributed by atoms with van der Waals surface area (Å²) in [7, 11) is 0. The molecule has 6 aromatic carbocycles. The molecule has 2 aromatic heterocycles. The largest absolute Gasteiger partial charge is 0.444 e. The van der Waals surface area contributed by atoms with Gasteiger partial charge in [-0.3, -0.25) is 29.6 Å². The Morgan fingerprint density at radius 3 is 1.06 bits per heavy atom. The number of nitrogens with zero attached hydrogens (tertiary/aromatic N) is 8. The lowest BCUT2D eigenvalue weighted by Gasteiger charge is -2.28. The fourth-order valence-electron chi connectivity index (χ4n) is 14.2. The average Bonchev–Trinajstić information content (AvgIpc) is 1.58. The van der Waals surface area contributed by atoms with Crippen molar-refractivity contribution in [3.8, 4) is 44.8 Å². The van der Waals surface area contributed by atoms with Crippen LogP contribution in [0.2, 0.25) is 0 Å². The van der Waals surface area contributed by atoms with E-state index in [1.165, 1.54) is 11.1 Å². The van der Waals surface area contributed by atoms with E-state index in [0.29, 0.717) is 26.2 Å². The highest BCUT2D eigenvalue weighted by Gasteiger charge is 2.40. The van der Waals surface area contributed by atoms with Gasteiger partial charge in [-0.15, -0.1) is 0 Å². The van der Waals surface area contributed by atoms with Gasteiger partial charge in [-0.1, -0.05) is 60.7 Å². The van der Waals surface area contributed by atoms with Gasteiger partial charge in [0.05, 0.1) is 59.3 Å². The number of rotatable bonds is 8. The SMILES string of the molecule is CC(C)(C)OC(=O)N1CCC[C@H]1C1=Nc2ccc(-c3ccc4cc(-c5cnc([C@@H]6CCCN6C(=O)OC(C)(C)C)[nH]5)ccc4c3)cc2C1.CC(C)(C)OC(=O)N1CCC[C@H]1C1=Nc2ccc(-c3ccc4ccc(-c5cnc([C@@H]6CCCN6C(=O)OC(C)(C)C)[nH]5)cc4c3)cc2C1. The Hall–Kier alpha value is -9.32. The molecular formula is C78H90N10O8. The maximum atomic E-state index is 12.9. The minimum absolute atomic E-state index is 0.0152. The molecule has 0 radical (unpaired) electrons. The predicted octanol–water partition coefficient (Wildman–Crippen LogP) is 18.0. The molecule has 14 rings (SSSR count). The number of benzene rings is 6. The second kappa shape index (κ2) is 25.7. The molecule has 0 spiro atoms. The molecule has 8 heterocycles. The first-order valence-corrected chi connectivity index (χ1v) is 34.2. The van der Waals surface area contributed by atoms with E-state index in [1.54, 1.807) is 9.80 Å². The number of aromatic amines is 2. The molecule has 4 atom stereocenters. The van der Waals surface area contributed by atoms with Crippen molar-refractivity contribution in [2.24, 2.45) is 9.98 Å². The molecule has 18 nitrogen and oxygen atoms in total. The molecule has 500 valence electrons. The van der Waals surface area contributed by atoms with E-state index >= 15 is 0 Å². The van der Waals surface area contributed by atoms with Crippen LogP contribution in [-0.4, -0.2) is 136 Å². The number of nitrogens with one attached hydrogen (secondary N) is 2. The first-order valence-electron chi connectivity index (χ1n) is 34.2. The number of hydrogen-bond donors (Lipinski definition) is 2. The van der Waals surface area contributed by atoms with Gasteiger partial charge in [0.15, 0.2) is 0 Å². The minimum atomic E-state index is -0.542. The summed E-state index contributed by atoms with van der Waals surface area (Å²) in [5, 5.41) is 4.58. The van der Waals surface area contributed by atoms with Crippen molar-refractivity contribution >= 4 is 68.7 Å². The topological polar surface area (TPSA) is 200 Å². The van der Waals surface area contributed by atoms with Crippen LogP contribution in [0.25, 0.3) is 66.3 Å². The highest BCUT2D eigenvalue weighted by atomic mass is 16.6. The quantitative estimate of drug-likeness (QED) is 0.138. The normalized spacial score (nSPS) is 19.5. The Labute approximate surface area is 562 Å². The van der Waals surface area contributed by atoms with E-state index in [1.807, 2.05) is 105 Å². The summed E-state index contributed by atoms with van der Waals surface area (Å²) in [4.78, 5) is 85.1. The monoisotopic (exact) mass is 1290 g/mol. The summed E-state index contributed by atoms with van der Waals surface area (Å²) in [6.07, 6.45) is 11.4. The van der Waals surface area contributed by atoms with Crippen molar-refractivity contribution < 1.29 is 38.1 Å². The Morgan fingerprint density at radius 2 is 0.677 bits per heavy atom. The summed E-state index contributed by atoms with van der Waals surface area (Å²) in [5.41, 5.74) is 12.8. The van der Waals surface area contributed by atoms with Gasteiger partial charge in [0.25, 0.3) is 0 Å².